The molecule has 0 aromatic carbocycles. The average Bonchev–Trinajstić information content (AvgIpc) is 2.93. The van der Waals surface area contributed by atoms with Crippen LogP contribution in [0.5, 0.6) is 0 Å². The molecule has 96 valence electrons. The number of aromatic carboxylic acids is 1. The summed E-state index contributed by atoms with van der Waals surface area (Å²) in [5.41, 5.74) is 5.00. The molecule has 0 aliphatic carbocycles. The van der Waals surface area contributed by atoms with E-state index < -0.39 is 5.97 Å². The number of H-pyrrole nitrogens is 1. The van der Waals surface area contributed by atoms with Crippen molar-refractivity contribution in [1.82, 2.24) is 9.38 Å². The van der Waals surface area contributed by atoms with Gasteiger partial charge in [0.15, 0.2) is 0 Å². The van der Waals surface area contributed by atoms with E-state index >= 15 is 0 Å². The highest BCUT2D eigenvalue weighted by molar-refractivity contribution is 5.90. The Labute approximate surface area is 110 Å². The number of rotatable bonds is 2. The molecule has 0 spiro atoms. The first-order valence-corrected chi connectivity index (χ1v) is 6.08. The van der Waals surface area contributed by atoms with Crippen LogP contribution in [0.2, 0.25) is 0 Å². The minimum Gasteiger partial charge on any atom is -0.478 e. The minimum atomic E-state index is -0.905. The highest BCUT2D eigenvalue weighted by atomic mass is 16.4. The highest BCUT2D eigenvalue weighted by Gasteiger charge is 2.14. The van der Waals surface area contributed by atoms with Gasteiger partial charge in [-0.25, -0.2) is 4.79 Å². The van der Waals surface area contributed by atoms with Gasteiger partial charge in [0.2, 0.25) is 0 Å². The van der Waals surface area contributed by atoms with Crippen LogP contribution >= 0.6 is 0 Å². The first kappa shape index (κ1) is 11.6. The van der Waals surface area contributed by atoms with Gasteiger partial charge in [-0.05, 0) is 44.2 Å². The zero-order chi connectivity index (χ0) is 13.6. The number of hydrogen-bond donors (Lipinski definition) is 2. The normalized spacial score (nSPS) is 11.1. The van der Waals surface area contributed by atoms with Crippen molar-refractivity contribution in [2.24, 2.45) is 0 Å². The van der Waals surface area contributed by atoms with Gasteiger partial charge in [0, 0.05) is 16.9 Å². The molecule has 0 fully saturated rings. The number of hydrogen-bond acceptors (Lipinski definition) is 1. The monoisotopic (exact) mass is 254 g/mol. The lowest BCUT2D eigenvalue weighted by Gasteiger charge is -2.04. The number of aromatic amines is 1. The number of nitrogens with one attached hydrogen (secondary N) is 1. The molecule has 4 nitrogen and oxygen atoms in total. The Morgan fingerprint density at radius 2 is 2.00 bits per heavy atom. The van der Waals surface area contributed by atoms with Gasteiger partial charge in [0.05, 0.1) is 17.0 Å². The summed E-state index contributed by atoms with van der Waals surface area (Å²) in [5.74, 6) is -0.905. The Kier molecular flexibility index (Phi) is 2.45. The maximum Gasteiger partial charge on any atom is 0.337 e. The van der Waals surface area contributed by atoms with Crippen molar-refractivity contribution in [3.05, 3.63) is 53.3 Å². The van der Waals surface area contributed by atoms with Gasteiger partial charge in [-0.3, -0.25) is 0 Å². The smallest absolute Gasteiger partial charge is 0.337 e. The third-order valence-electron chi connectivity index (χ3n) is 3.39. The largest absolute Gasteiger partial charge is 0.478 e. The van der Waals surface area contributed by atoms with Crippen LogP contribution < -0.4 is 0 Å². The quantitative estimate of drug-likeness (QED) is 0.737. The van der Waals surface area contributed by atoms with Crippen molar-refractivity contribution in [1.29, 1.82) is 0 Å². The second-order valence-corrected chi connectivity index (χ2v) is 4.67. The number of carboxylic acids is 1. The van der Waals surface area contributed by atoms with Crippen LogP contribution in [0, 0.1) is 13.8 Å². The van der Waals surface area contributed by atoms with Gasteiger partial charge in [-0.2, -0.15) is 0 Å². The fourth-order valence-corrected chi connectivity index (χ4v) is 2.47. The van der Waals surface area contributed by atoms with Crippen molar-refractivity contribution in [3.8, 4) is 11.4 Å². The van der Waals surface area contributed by atoms with Crippen LogP contribution in [-0.2, 0) is 0 Å². The Balaban J connectivity index is 2.25. The van der Waals surface area contributed by atoms with Gasteiger partial charge < -0.3 is 14.5 Å². The molecule has 0 saturated carbocycles. The van der Waals surface area contributed by atoms with E-state index in [1.54, 1.807) is 13.0 Å². The van der Waals surface area contributed by atoms with E-state index in [1.807, 2.05) is 37.3 Å². The maximum absolute atomic E-state index is 11.1. The minimum absolute atomic E-state index is 0.318. The average molecular weight is 254 g/mol. The molecule has 3 aromatic heterocycles. The summed E-state index contributed by atoms with van der Waals surface area (Å²) in [6.45, 7) is 3.81. The molecule has 0 atom stereocenters. The van der Waals surface area contributed by atoms with Gasteiger partial charge >= 0.3 is 5.97 Å². The van der Waals surface area contributed by atoms with Gasteiger partial charge in [-0.1, -0.05) is 6.07 Å². The fourth-order valence-electron chi connectivity index (χ4n) is 2.47. The summed E-state index contributed by atoms with van der Waals surface area (Å²) >= 11 is 0. The van der Waals surface area contributed by atoms with E-state index in [9.17, 15) is 4.79 Å². The molecule has 2 N–H and O–H groups in total. The Hall–Kier alpha value is -2.49. The third kappa shape index (κ3) is 1.73. The molecular formula is C15H14N2O2. The van der Waals surface area contributed by atoms with E-state index in [2.05, 4.69) is 9.38 Å². The van der Waals surface area contributed by atoms with Crippen LogP contribution in [0.4, 0.5) is 0 Å². The zero-order valence-corrected chi connectivity index (χ0v) is 10.8. The SMILES string of the molecule is Cc1[nH]c(-c2ccc3cccc(C)n23)cc1C(=O)O. The number of pyridine rings is 1. The lowest BCUT2D eigenvalue weighted by Crippen LogP contribution is -1.95. The third-order valence-corrected chi connectivity index (χ3v) is 3.39. The number of carbonyl (C=O) groups is 1. The Morgan fingerprint density at radius 3 is 2.68 bits per heavy atom. The van der Waals surface area contributed by atoms with Gasteiger partial charge in [0.1, 0.15) is 0 Å². The maximum atomic E-state index is 11.1. The number of carboxylic acid groups (broad SMARTS) is 1. The molecule has 3 rings (SSSR count). The van der Waals surface area contributed by atoms with E-state index in [0.717, 1.165) is 22.6 Å². The van der Waals surface area contributed by atoms with Crippen molar-refractivity contribution >= 4 is 11.5 Å². The first-order valence-electron chi connectivity index (χ1n) is 6.08. The van der Waals surface area contributed by atoms with Crippen molar-refractivity contribution < 1.29 is 9.90 Å². The standard InChI is InChI=1S/C15H14N2O2/c1-9-4-3-5-11-6-7-14(17(9)11)13-8-12(15(18)19)10(2)16-13/h3-8,16H,1-2H3,(H,18,19). The predicted octanol–water partition coefficient (Wildman–Crippen LogP) is 3.25. The molecule has 0 radical (unpaired) electrons. The summed E-state index contributed by atoms with van der Waals surface area (Å²) in [6, 6.07) is 11.8. The predicted molar refractivity (Wildman–Crippen MR) is 73.6 cm³/mol. The second-order valence-electron chi connectivity index (χ2n) is 4.67. The van der Waals surface area contributed by atoms with Gasteiger partial charge in [-0.15, -0.1) is 0 Å². The molecule has 0 aliphatic heterocycles. The van der Waals surface area contributed by atoms with Crippen molar-refractivity contribution in [2.75, 3.05) is 0 Å². The van der Waals surface area contributed by atoms with Gasteiger partial charge in [0.25, 0.3) is 0 Å². The van der Waals surface area contributed by atoms with Crippen LogP contribution in [0.1, 0.15) is 21.7 Å². The molecule has 3 heterocycles. The molecular weight excluding hydrogens is 240 g/mol. The van der Waals surface area contributed by atoms with Crippen LogP contribution in [0.3, 0.4) is 0 Å². The lowest BCUT2D eigenvalue weighted by atomic mass is 10.2. The molecule has 0 saturated heterocycles. The van der Waals surface area contributed by atoms with E-state index in [4.69, 9.17) is 5.11 Å². The Morgan fingerprint density at radius 1 is 1.21 bits per heavy atom. The topological polar surface area (TPSA) is 57.5 Å². The number of aryl methyl sites for hydroxylation is 2. The van der Waals surface area contributed by atoms with Crippen LogP contribution in [-0.4, -0.2) is 20.5 Å². The molecule has 19 heavy (non-hydrogen) atoms. The molecule has 4 heteroatoms. The summed E-state index contributed by atoms with van der Waals surface area (Å²) < 4.78 is 2.11. The molecule has 3 aromatic rings. The summed E-state index contributed by atoms with van der Waals surface area (Å²) in [6.07, 6.45) is 0. The number of aromatic nitrogens is 2. The lowest BCUT2D eigenvalue weighted by molar-refractivity contribution is 0.0696. The molecule has 0 bridgehead atoms. The number of nitrogens with zero attached hydrogens (tertiary/aromatic N) is 1. The van der Waals surface area contributed by atoms with Crippen LogP contribution in [0.25, 0.3) is 16.9 Å². The molecule has 0 amide bonds. The zero-order valence-electron chi connectivity index (χ0n) is 10.8. The number of fused-ring (bicyclic) bond motifs is 1. The summed E-state index contributed by atoms with van der Waals surface area (Å²) in [7, 11) is 0. The van der Waals surface area contributed by atoms with E-state index in [1.165, 1.54) is 0 Å². The summed E-state index contributed by atoms with van der Waals surface area (Å²) in [4.78, 5) is 14.3. The van der Waals surface area contributed by atoms with Crippen LogP contribution in [0.15, 0.2) is 36.4 Å². The Bertz CT molecular complexity index is 781. The summed E-state index contributed by atoms with van der Waals surface area (Å²) in [5, 5.41) is 9.12. The molecule has 0 aliphatic rings. The van der Waals surface area contributed by atoms with E-state index in [0.29, 0.717) is 11.3 Å². The first-order chi connectivity index (χ1) is 9.08. The van der Waals surface area contributed by atoms with Crippen molar-refractivity contribution in [2.45, 2.75) is 13.8 Å². The van der Waals surface area contributed by atoms with Crippen molar-refractivity contribution in [3.63, 3.8) is 0 Å². The van der Waals surface area contributed by atoms with E-state index in [-0.39, 0.29) is 0 Å². The highest BCUT2D eigenvalue weighted by Crippen LogP contribution is 2.25. The second kappa shape index (κ2) is 4.02. The molecule has 0 unspecified atom stereocenters. The fraction of sp³-hybridized carbons (Fsp3) is 0.133.